The molecule has 0 aliphatic rings. The highest BCUT2D eigenvalue weighted by Crippen LogP contribution is 2.26. The molecule has 1 heterocycles. The van der Waals surface area contributed by atoms with Gasteiger partial charge >= 0.3 is 0 Å². The highest BCUT2D eigenvalue weighted by atomic mass is 32.1. The van der Waals surface area contributed by atoms with E-state index >= 15 is 0 Å². The Balaban J connectivity index is 2.27. The molecule has 0 amide bonds. The maximum atomic E-state index is 10.1. The summed E-state index contributed by atoms with van der Waals surface area (Å²) in [5.74, 6) is -0.0961. The van der Waals surface area contributed by atoms with Crippen LogP contribution in [0.1, 0.15) is 56.2 Å². The van der Waals surface area contributed by atoms with Gasteiger partial charge in [-0.15, -0.1) is 11.3 Å². The van der Waals surface area contributed by atoms with E-state index in [1.165, 1.54) is 25.7 Å². The molecular weight excluding hydrogens is 232 g/mol. The molecule has 0 radical (unpaired) electrons. The molecule has 98 valence electrons. The maximum absolute atomic E-state index is 10.1. The van der Waals surface area contributed by atoms with E-state index in [1.807, 2.05) is 17.5 Å². The van der Waals surface area contributed by atoms with Crippen LogP contribution >= 0.6 is 11.3 Å². The Morgan fingerprint density at radius 3 is 2.59 bits per heavy atom. The highest BCUT2D eigenvalue weighted by Gasteiger charge is 2.20. The van der Waals surface area contributed by atoms with Crippen molar-refractivity contribution < 1.29 is 10.2 Å². The lowest BCUT2D eigenvalue weighted by molar-refractivity contribution is 0.0980. The van der Waals surface area contributed by atoms with Crippen LogP contribution < -0.4 is 0 Å². The van der Waals surface area contributed by atoms with Crippen LogP contribution in [-0.4, -0.2) is 22.9 Å². The van der Waals surface area contributed by atoms with Crippen molar-refractivity contribution in [2.45, 2.75) is 57.5 Å². The van der Waals surface area contributed by atoms with E-state index in [0.717, 1.165) is 17.7 Å². The van der Waals surface area contributed by atoms with Crippen molar-refractivity contribution in [1.82, 2.24) is 0 Å². The molecule has 1 rings (SSSR count). The van der Waals surface area contributed by atoms with E-state index in [1.54, 1.807) is 11.3 Å². The zero-order chi connectivity index (χ0) is 12.5. The van der Waals surface area contributed by atoms with Crippen LogP contribution in [0.25, 0.3) is 0 Å². The van der Waals surface area contributed by atoms with Gasteiger partial charge < -0.3 is 10.2 Å². The van der Waals surface area contributed by atoms with E-state index in [0.29, 0.717) is 0 Å². The fraction of sp³-hybridized carbons (Fsp3) is 0.714. The first-order valence-corrected chi connectivity index (χ1v) is 7.49. The predicted molar refractivity (Wildman–Crippen MR) is 73.5 cm³/mol. The molecule has 0 aliphatic carbocycles. The van der Waals surface area contributed by atoms with Crippen LogP contribution in [0.15, 0.2) is 17.5 Å². The summed E-state index contributed by atoms with van der Waals surface area (Å²) in [5, 5.41) is 21.4. The second kappa shape index (κ2) is 8.67. The van der Waals surface area contributed by atoms with Gasteiger partial charge in [0, 0.05) is 10.8 Å². The predicted octanol–water partition coefficient (Wildman–Crippen LogP) is 3.55. The van der Waals surface area contributed by atoms with Gasteiger partial charge in [-0.05, 0) is 17.9 Å². The lowest BCUT2D eigenvalue weighted by Crippen LogP contribution is -2.20. The molecule has 2 unspecified atom stereocenters. The third kappa shape index (κ3) is 5.19. The van der Waals surface area contributed by atoms with Gasteiger partial charge in [-0.25, -0.2) is 0 Å². The molecule has 0 aliphatic heterocycles. The Hall–Kier alpha value is -0.380. The summed E-state index contributed by atoms with van der Waals surface area (Å²) < 4.78 is 0. The van der Waals surface area contributed by atoms with Crippen molar-refractivity contribution >= 4 is 11.3 Å². The first-order chi connectivity index (χ1) is 8.29. The Morgan fingerprint density at radius 1 is 1.24 bits per heavy atom. The average Bonchev–Trinajstić information content (AvgIpc) is 2.83. The molecule has 2 atom stereocenters. The van der Waals surface area contributed by atoms with Crippen LogP contribution in [0.5, 0.6) is 0 Å². The first kappa shape index (κ1) is 14.7. The molecule has 0 saturated heterocycles. The molecule has 17 heavy (non-hydrogen) atoms. The molecule has 2 nitrogen and oxygen atoms in total. The maximum Gasteiger partial charge on any atom is 0.0638 e. The van der Waals surface area contributed by atoms with Gasteiger partial charge in [-0.3, -0.25) is 0 Å². The van der Waals surface area contributed by atoms with Crippen molar-refractivity contribution in [3.05, 3.63) is 22.4 Å². The molecule has 1 aromatic heterocycles. The topological polar surface area (TPSA) is 40.5 Å². The second-order valence-electron chi connectivity index (χ2n) is 4.57. The van der Waals surface area contributed by atoms with Gasteiger partial charge in [0.05, 0.1) is 12.7 Å². The highest BCUT2D eigenvalue weighted by molar-refractivity contribution is 7.10. The summed E-state index contributed by atoms with van der Waals surface area (Å²) in [6, 6.07) is 3.96. The zero-order valence-electron chi connectivity index (χ0n) is 10.6. The smallest absolute Gasteiger partial charge is 0.0638 e. The molecule has 2 N–H and O–H groups in total. The third-order valence-corrected chi connectivity index (χ3v) is 4.18. The molecule has 0 saturated carbocycles. The summed E-state index contributed by atoms with van der Waals surface area (Å²) in [7, 11) is 0. The Morgan fingerprint density at radius 2 is 2.00 bits per heavy atom. The lowest BCUT2D eigenvalue weighted by Gasteiger charge is -2.19. The summed E-state index contributed by atoms with van der Waals surface area (Å²) in [5.41, 5.74) is 0. The monoisotopic (exact) mass is 256 g/mol. The summed E-state index contributed by atoms with van der Waals surface area (Å²) >= 11 is 1.61. The van der Waals surface area contributed by atoms with Crippen LogP contribution in [0, 0.1) is 0 Å². The molecule has 0 aromatic carbocycles. The van der Waals surface area contributed by atoms with E-state index in [9.17, 15) is 10.2 Å². The molecule has 1 aromatic rings. The van der Waals surface area contributed by atoms with Crippen molar-refractivity contribution in [3.63, 3.8) is 0 Å². The normalized spacial score (nSPS) is 14.8. The van der Waals surface area contributed by atoms with Gasteiger partial charge in [0.15, 0.2) is 0 Å². The van der Waals surface area contributed by atoms with Crippen molar-refractivity contribution in [2.75, 3.05) is 6.61 Å². The largest absolute Gasteiger partial charge is 0.396 e. The number of thiophene rings is 1. The van der Waals surface area contributed by atoms with E-state index in [2.05, 4.69) is 6.92 Å². The second-order valence-corrected chi connectivity index (χ2v) is 5.55. The van der Waals surface area contributed by atoms with Gasteiger partial charge in [0.25, 0.3) is 0 Å². The molecular formula is C14H24O2S. The minimum atomic E-state index is -0.403. The van der Waals surface area contributed by atoms with Crippen LogP contribution in [0.3, 0.4) is 0 Å². The quantitative estimate of drug-likeness (QED) is 0.663. The summed E-state index contributed by atoms with van der Waals surface area (Å²) in [4.78, 5) is 1.09. The van der Waals surface area contributed by atoms with Crippen molar-refractivity contribution in [1.29, 1.82) is 0 Å². The SMILES string of the molecule is CCCCCCCC(O)C(CO)c1cccs1. The van der Waals surface area contributed by atoms with Crippen LogP contribution in [0.2, 0.25) is 0 Å². The van der Waals surface area contributed by atoms with Crippen molar-refractivity contribution in [2.24, 2.45) is 0 Å². The van der Waals surface area contributed by atoms with E-state index < -0.39 is 6.10 Å². The average molecular weight is 256 g/mol. The number of rotatable bonds is 9. The molecule has 0 spiro atoms. The van der Waals surface area contributed by atoms with Crippen LogP contribution in [0.4, 0.5) is 0 Å². The molecule has 3 heteroatoms. The summed E-state index contributed by atoms with van der Waals surface area (Å²) in [6.45, 7) is 2.24. The van der Waals surface area contributed by atoms with Gasteiger partial charge in [-0.1, -0.05) is 45.1 Å². The van der Waals surface area contributed by atoms with Crippen molar-refractivity contribution in [3.8, 4) is 0 Å². The first-order valence-electron chi connectivity index (χ1n) is 6.62. The van der Waals surface area contributed by atoms with Gasteiger partial charge in [-0.2, -0.15) is 0 Å². The molecule has 0 fully saturated rings. The number of hydrogen-bond donors (Lipinski definition) is 2. The van der Waals surface area contributed by atoms with Gasteiger partial charge in [0.1, 0.15) is 0 Å². The Kier molecular flexibility index (Phi) is 7.49. The number of aliphatic hydroxyl groups is 2. The number of aliphatic hydroxyl groups excluding tert-OH is 2. The van der Waals surface area contributed by atoms with Gasteiger partial charge in [0.2, 0.25) is 0 Å². The standard InChI is InChI=1S/C14H24O2S/c1-2-3-4-5-6-8-13(16)12(11-15)14-9-7-10-17-14/h7,9-10,12-13,15-16H,2-6,8,11H2,1H3. The number of hydrogen-bond acceptors (Lipinski definition) is 3. The third-order valence-electron chi connectivity index (χ3n) is 3.17. The minimum Gasteiger partial charge on any atom is -0.396 e. The van der Waals surface area contributed by atoms with E-state index in [-0.39, 0.29) is 12.5 Å². The Bertz CT molecular complexity index is 272. The zero-order valence-corrected chi connectivity index (χ0v) is 11.5. The minimum absolute atomic E-state index is 0.0383. The summed E-state index contributed by atoms with van der Waals surface area (Å²) in [6.07, 6.45) is 6.43. The molecule has 0 bridgehead atoms. The lowest BCUT2D eigenvalue weighted by atomic mass is 9.96. The Labute approximate surface area is 108 Å². The van der Waals surface area contributed by atoms with E-state index in [4.69, 9.17) is 0 Å². The fourth-order valence-corrected chi connectivity index (χ4v) is 2.94. The van der Waals surface area contributed by atoms with Crippen LogP contribution in [-0.2, 0) is 0 Å². The number of unbranched alkanes of at least 4 members (excludes halogenated alkanes) is 4. The fourth-order valence-electron chi connectivity index (χ4n) is 2.06.